The van der Waals surface area contributed by atoms with Gasteiger partial charge in [0.15, 0.2) is 0 Å². The van der Waals surface area contributed by atoms with Gasteiger partial charge in [-0.2, -0.15) is 0 Å². The Labute approximate surface area is 191 Å². The maximum atomic E-state index is 13.5. The topological polar surface area (TPSA) is 66.5 Å². The van der Waals surface area contributed by atoms with Crippen LogP contribution in [-0.4, -0.2) is 20.9 Å². The summed E-state index contributed by atoms with van der Waals surface area (Å²) in [5.74, 6) is -0.359. The van der Waals surface area contributed by atoms with Crippen LogP contribution in [0.15, 0.2) is 83.8 Å². The molecule has 0 radical (unpaired) electrons. The predicted octanol–water partition coefficient (Wildman–Crippen LogP) is 4.88. The van der Waals surface area contributed by atoms with Gasteiger partial charge >= 0.3 is 0 Å². The molecule has 5 nitrogen and oxygen atoms in total. The monoisotopic (exact) mass is 450 g/mol. The van der Waals surface area contributed by atoms with Crippen molar-refractivity contribution in [1.29, 1.82) is 0 Å². The molecule has 0 fully saturated rings. The maximum Gasteiger partial charge on any atom is 0.264 e. The Morgan fingerprint density at radius 1 is 0.875 bits per heavy atom. The number of nitrogens with zero attached hydrogens (tertiary/aromatic N) is 1. The Morgan fingerprint density at radius 2 is 1.50 bits per heavy atom. The molecule has 32 heavy (non-hydrogen) atoms. The van der Waals surface area contributed by atoms with Gasteiger partial charge in [-0.3, -0.25) is 9.10 Å². The van der Waals surface area contributed by atoms with E-state index in [1.807, 2.05) is 50.2 Å². The second-order valence-electron chi connectivity index (χ2n) is 7.69. The van der Waals surface area contributed by atoms with Crippen LogP contribution in [-0.2, 0) is 27.7 Å². The number of para-hydroxylation sites is 1. The Balaban J connectivity index is 1.89. The van der Waals surface area contributed by atoms with Crippen molar-refractivity contribution >= 4 is 21.6 Å². The van der Waals surface area contributed by atoms with Crippen molar-refractivity contribution in [3.05, 3.63) is 95.6 Å². The number of nitrogens with one attached hydrogen (secondary N) is 1. The zero-order valence-corrected chi connectivity index (χ0v) is 19.6. The van der Waals surface area contributed by atoms with Crippen molar-refractivity contribution in [2.24, 2.45) is 0 Å². The van der Waals surface area contributed by atoms with Gasteiger partial charge in [0.05, 0.1) is 16.6 Å². The third-order valence-electron chi connectivity index (χ3n) is 5.53. The molecule has 0 aliphatic rings. The lowest BCUT2D eigenvalue weighted by Gasteiger charge is -2.27. The fourth-order valence-electron chi connectivity index (χ4n) is 3.62. The zero-order valence-electron chi connectivity index (χ0n) is 18.8. The summed E-state index contributed by atoms with van der Waals surface area (Å²) in [6.45, 7) is 5.66. The van der Waals surface area contributed by atoms with E-state index in [2.05, 4.69) is 12.2 Å². The molecule has 1 unspecified atom stereocenters. The van der Waals surface area contributed by atoms with Crippen molar-refractivity contribution in [2.45, 2.75) is 44.6 Å². The standard InChI is InChI=1S/C26H30N2O3S/c1-4-21-15-17-23(18-16-21)20(3)27-26(29)19-28(25-14-10-9-11-22(25)5-2)32(30,31)24-12-7-6-8-13-24/h6-18,20H,4-5,19H2,1-3H3,(H,27,29). The molecule has 0 saturated carbocycles. The van der Waals surface area contributed by atoms with Gasteiger partial charge in [-0.25, -0.2) is 8.42 Å². The average molecular weight is 451 g/mol. The van der Waals surface area contributed by atoms with Gasteiger partial charge in [0.25, 0.3) is 10.0 Å². The number of aryl methyl sites for hydroxylation is 2. The van der Waals surface area contributed by atoms with Crippen molar-refractivity contribution in [3.8, 4) is 0 Å². The van der Waals surface area contributed by atoms with Crippen molar-refractivity contribution < 1.29 is 13.2 Å². The third-order valence-corrected chi connectivity index (χ3v) is 7.30. The summed E-state index contributed by atoms with van der Waals surface area (Å²) in [6.07, 6.45) is 1.60. The largest absolute Gasteiger partial charge is 0.348 e. The molecule has 3 aromatic rings. The van der Waals surface area contributed by atoms with Gasteiger partial charge in [0.2, 0.25) is 5.91 Å². The van der Waals surface area contributed by atoms with Gasteiger partial charge < -0.3 is 5.32 Å². The van der Waals surface area contributed by atoms with E-state index in [4.69, 9.17) is 0 Å². The summed E-state index contributed by atoms with van der Waals surface area (Å²) in [5.41, 5.74) is 3.59. The van der Waals surface area contributed by atoms with E-state index in [-0.39, 0.29) is 23.4 Å². The molecular weight excluding hydrogens is 420 g/mol. The van der Waals surface area contributed by atoms with E-state index >= 15 is 0 Å². The molecule has 6 heteroatoms. The Bertz CT molecular complexity index is 1140. The van der Waals surface area contributed by atoms with Crippen LogP contribution in [0.2, 0.25) is 0 Å². The minimum Gasteiger partial charge on any atom is -0.348 e. The van der Waals surface area contributed by atoms with Crippen LogP contribution in [0.4, 0.5) is 5.69 Å². The number of sulfonamides is 1. The maximum absolute atomic E-state index is 13.5. The Kier molecular flexibility index (Phi) is 7.70. The average Bonchev–Trinajstić information content (AvgIpc) is 2.83. The van der Waals surface area contributed by atoms with Crippen LogP contribution in [0, 0.1) is 0 Å². The quantitative estimate of drug-likeness (QED) is 0.505. The molecule has 0 aliphatic heterocycles. The first-order chi connectivity index (χ1) is 15.4. The molecule has 0 aliphatic carbocycles. The summed E-state index contributed by atoms with van der Waals surface area (Å²) in [5, 5.41) is 2.95. The zero-order chi connectivity index (χ0) is 23.1. The summed E-state index contributed by atoms with van der Waals surface area (Å²) in [7, 11) is -3.92. The minimum atomic E-state index is -3.92. The molecule has 0 heterocycles. The normalized spacial score (nSPS) is 12.2. The fraction of sp³-hybridized carbons (Fsp3) is 0.269. The molecular formula is C26H30N2O3S. The van der Waals surface area contributed by atoms with Gasteiger partial charge in [0.1, 0.15) is 6.54 Å². The lowest BCUT2D eigenvalue weighted by Crippen LogP contribution is -2.42. The first kappa shape index (κ1) is 23.5. The highest BCUT2D eigenvalue weighted by Crippen LogP contribution is 2.27. The smallest absolute Gasteiger partial charge is 0.264 e. The van der Waals surface area contributed by atoms with E-state index in [1.54, 1.807) is 42.5 Å². The van der Waals surface area contributed by atoms with Gasteiger partial charge in [0, 0.05) is 0 Å². The Morgan fingerprint density at radius 3 is 2.12 bits per heavy atom. The number of carbonyl (C=O) groups is 1. The first-order valence-corrected chi connectivity index (χ1v) is 12.3. The number of hydrogen-bond donors (Lipinski definition) is 1. The van der Waals surface area contributed by atoms with Crippen molar-refractivity contribution in [1.82, 2.24) is 5.32 Å². The van der Waals surface area contributed by atoms with Crippen molar-refractivity contribution in [2.75, 3.05) is 10.8 Å². The van der Waals surface area contributed by atoms with E-state index in [1.165, 1.54) is 9.87 Å². The van der Waals surface area contributed by atoms with Gasteiger partial charge in [-0.1, -0.05) is 74.5 Å². The molecule has 1 amide bonds. The predicted molar refractivity (Wildman–Crippen MR) is 129 cm³/mol. The highest BCUT2D eigenvalue weighted by molar-refractivity contribution is 7.92. The molecule has 0 spiro atoms. The summed E-state index contributed by atoms with van der Waals surface area (Å²) in [6, 6.07) is 23.4. The van der Waals surface area contributed by atoms with Crippen LogP contribution >= 0.6 is 0 Å². The van der Waals surface area contributed by atoms with Crippen LogP contribution in [0.1, 0.15) is 43.5 Å². The number of hydrogen-bond acceptors (Lipinski definition) is 3. The van der Waals surface area contributed by atoms with Crippen LogP contribution in [0.25, 0.3) is 0 Å². The second-order valence-corrected chi connectivity index (χ2v) is 9.55. The number of anilines is 1. The Hall–Kier alpha value is -3.12. The second kappa shape index (κ2) is 10.5. The molecule has 0 saturated heterocycles. The molecule has 3 aromatic carbocycles. The number of amides is 1. The first-order valence-electron chi connectivity index (χ1n) is 10.9. The molecule has 1 N–H and O–H groups in total. The molecule has 0 aromatic heterocycles. The van der Waals surface area contributed by atoms with E-state index < -0.39 is 10.0 Å². The number of rotatable bonds is 9. The lowest BCUT2D eigenvalue weighted by molar-refractivity contribution is -0.120. The van der Waals surface area contributed by atoms with E-state index in [0.29, 0.717) is 12.1 Å². The number of carbonyl (C=O) groups excluding carboxylic acids is 1. The third kappa shape index (κ3) is 5.37. The minimum absolute atomic E-state index is 0.155. The van der Waals surface area contributed by atoms with E-state index in [9.17, 15) is 13.2 Å². The van der Waals surface area contributed by atoms with E-state index in [0.717, 1.165) is 17.5 Å². The molecule has 1 atom stereocenters. The molecule has 0 bridgehead atoms. The summed E-state index contributed by atoms with van der Waals surface area (Å²) >= 11 is 0. The highest BCUT2D eigenvalue weighted by atomic mass is 32.2. The van der Waals surface area contributed by atoms with Crippen molar-refractivity contribution in [3.63, 3.8) is 0 Å². The van der Waals surface area contributed by atoms with Crippen LogP contribution < -0.4 is 9.62 Å². The summed E-state index contributed by atoms with van der Waals surface area (Å²) < 4.78 is 28.2. The van der Waals surface area contributed by atoms with Gasteiger partial charge in [-0.15, -0.1) is 0 Å². The van der Waals surface area contributed by atoms with Crippen LogP contribution in [0.5, 0.6) is 0 Å². The van der Waals surface area contributed by atoms with Gasteiger partial charge in [-0.05, 0) is 54.7 Å². The fourth-order valence-corrected chi connectivity index (χ4v) is 5.10. The molecule has 168 valence electrons. The highest BCUT2D eigenvalue weighted by Gasteiger charge is 2.28. The lowest BCUT2D eigenvalue weighted by atomic mass is 10.1. The SMILES string of the molecule is CCc1ccc(C(C)NC(=O)CN(c2ccccc2CC)S(=O)(=O)c2ccccc2)cc1. The number of benzene rings is 3. The molecule has 3 rings (SSSR count). The van der Waals surface area contributed by atoms with Crippen LogP contribution in [0.3, 0.4) is 0 Å². The summed E-state index contributed by atoms with van der Waals surface area (Å²) in [4.78, 5) is 13.1.